The predicted molar refractivity (Wildman–Crippen MR) is 71.6 cm³/mol. The highest BCUT2D eigenvalue weighted by molar-refractivity contribution is 5.93. The van der Waals surface area contributed by atoms with E-state index in [2.05, 4.69) is 22.8 Å². The summed E-state index contributed by atoms with van der Waals surface area (Å²) in [6.45, 7) is 2.02. The van der Waals surface area contributed by atoms with Crippen LogP contribution in [0.2, 0.25) is 0 Å². The number of aryl methyl sites for hydroxylation is 1. The first kappa shape index (κ1) is 10.8. The molecule has 0 fully saturated rings. The van der Waals surface area contributed by atoms with Crippen LogP contribution in [-0.2, 0) is 0 Å². The van der Waals surface area contributed by atoms with Crippen LogP contribution in [0.1, 0.15) is 22.7 Å². The van der Waals surface area contributed by atoms with Gasteiger partial charge in [0.25, 0.3) is 0 Å². The van der Waals surface area contributed by atoms with Crippen LogP contribution in [0.3, 0.4) is 0 Å². The zero-order valence-electron chi connectivity index (χ0n) is 10.1. The lowest BCUT2D eigenvalue weighted by molar-refractivity contribution is 0.249. The molecule has 0 saturated heterocycles. The maximum atomic E-state index is 11.7. The van der Waals surface area contributed by atoms with Crippen LogP contribution in [0, 0.1) is 6.92 Å². The van der Waals surface area contributed by atoms with E-state index in [0.717, 1.165) is 22.4 Å². The number of nitrogens with one attached hydrogen (secondary N) is 2. The number of carbonyl (C=O) groups is 1. The first-order chi connectivity index (χ1) is 8.74. The van der Waals surface area contributed by atoms with Gasteiger partial charge in [-0.15, -0.1) is 0 Å². The minimum absolute atomic E-state index is 0.0736. The Kier molecular flexibility index (Phi) is 2.52. The van der Waals surface area contributed by atoms with Gasteiger partial charge in [-0.2, -0.15) is 0 Å². The van der Waals surface area contributed by atoms with E-state index in [9.17, 15) is 4.79 Å². The molecule has 3 heteroatoms. The van der Waals surface area contributed by atoms with Gasteiger partial charge in [-0.1, -0.05) is 42.5 Å². The summed E-state index contributed by atoms with van der Waals surface area (Å²) in [6.07, 6.45) is 0. The van der Waals surface area contributed by atoms with Gasteiger partial charge in [-0.25, -0.2) is 4.79 Å². The van der Waals surface area contributed by atoms with Gasteiger partial charge >= 0.3 is 6.03 Å². The molecule has 2 aromatic rings. The van der Waals surface area contributed by atoms with Crippen molar-refractivity contribution in [1.82, 2.24) is 5.32 Å². The molecule has 1 unspecified atom stereocenters. The monoisotopic (exact) mass is 238 g/mol. The second-order valence-electron chi connectivity index (χ2n) is 4.53. The zero-order chi connectivity index (χ0) is 12.5. The van der Waals surface area contributed by atoms with Crippen molar-refractivity contribution < 1.29 is 4.79 Å². The molecule has 1 heterocycles. The van der Waals surface area contributed by atoms with Crippen molar-refractivity contribution in [2.45, 2.75) is 13.0 Å². The largest absolute Gasteiger partial charge is 0.327 e. The fourth-order valence-corrected chi connectivity index (χ4v) is 2.31. The highest BCUT2D eigenvalue weighted by atomic mass is 16.2. The number of hydrogen-bond acceptors (Lipinski definition) is 1. The topological polar surface area (TPSA) is 41.1 Å². The van der Waals surface area contributed by atoms with E-state index >= 15 is 0 Å². The van der Waals surface area contributed by atoms with Crippen molar-refractivity contribution in [2.24, 2.45) is 0 Å². The highest BCUT2D eigenvalue weighted by Gasteiger charge is 2.24. The van der Waals surface area contributed by atoms with Gasteiger partial charge in [0.1, 0.15) is 0 Å². The first-order valence-electron chi connectivity index (χ1n) is 5.97. The molecule has 0 spiro atoms. The molecule has 90 valence electrons. The van der Waals surface area contributed by atoms with Gasteiger partial charge in [0.15, 0.2) is 0 Å². The Morgan fingerprint density at radius 1 is 1.06 bits per heavy atom. The summed E-state index contributed by atoms with van der Waals surface area (Å²) in [4.78, 5) is 11.7. The Balaban J connectivity index is 2.10. The summed E-state index contributed by atoms with van der Waals surface area (Å²) < 4.78 is 0. The molecule has 2 amide bonds. The van der Waals surface area contributed by atoms with E-state index in [0.29, 0.717) is 0 Å². The molecule has 0 bridgehead atoms. The molecule has 0 aromatic heterocycles. The molecular formula is C15H14N2O. The van der Waals surface area contributed by atoms with E-state index in [4.69, 9.17) is 0 Å². The molecular weight excluding hydrogens is 224 g/mol. The fourth-order valence-electron chi connectivity index (χ4n) is 2.31. The number of amides is 2. The standard InChI is InChI=1S/C15H14N2O/c1-10-7-8-12-13(9-10)16-15(18)17-14(12)11-5-3-2-4-6-11/h2-9,14H,1H3,(H2,16,17,18). The highest BCUT2D eigenvalue weighted by Crippen LogP contribution is 2.32. The summed E-state index contributed by atoms with van der Waals surface area (Å²) in [5.74, 6) is 0. The number of benzene rings is 2. The molecule has 2 N–H and O–H groups in total. The van der Waals surface area contributed by atoms with Gasteiger partial charge in [0.05, 0.1) is 6.04 Å². The Morgan fingerprint density at radius 2 is 1.83 bits per heavy atom. The van der Waals surface area contributed by atoms with Gasteiger partial charge in [0.2, 0.25) is 0 Å². The smallest absolute Gasteiger partial charge is 0.320 e. The third kappa shape index (κ3) is 1.84. The number of urea groups is 1. The van der Waals surface area contributed by atoms with Crippen LogP contribution in [0.15, 0.2) is 48.5 Å². The van der Waals surface area contributed by atoms with Gasteiger partial charge in [0, 0.05) is 11.3 Å². The lowest BCUT2D eigenvalue weighted by atomic mass is 9.95. The number of carbonyl (C=O) groups excluding carboxylic acids is 1. The summed E-state index contributed by atoms with van der Waals surface area (Å²) in [6, 6.07) is 15.9. The minimum Gasteiger partial charge on any atom is -0.327 e. The summed E-state index contributed by atoms with van der Waals surface area (Å²) in [7, 11) is 0. The zero-order valence-corrected chi connectivity index (χ0v) is 10.1. The third-order valence-electron chi connectivity index (χ3n) is 3.18. The predicted octanol–water partition coefficient (Wildman–Crippen LogP) is 3.22. The van der Waals surface area contributed by atoms with E-state index in [1.807, 2.05) is 43.3 Å². The molecule has 1 atom stereocenters. The summed E-state index contributed by atoms with van der Waals surface area (Å²) in [5.41, 5.74) is 4.24. The molecule has 3 rings (SSSR count). The second kappa shape index (κ2) is 4.18. The first-order valence-corrected chi connectivity index (χ1v) is 5.97. The van der Waals surface area contributed by atoms with Crippen molar-refractivity contribution in [3.05, 3.63) is 65.2 Å². The van der Waals surface area contributed by atoms with E-state index in [1.54, 1.807) is 0 Å². The van der Waals surface area contributed by atoms with Crippen molar-refractivity contribution >= 4 is 11.7 Å². The van der Waals surface area contributed by atoms with Crippen LogP contribution in [-0.4, -0.2) is 6.03 Å². The third-order valence-corrected chi connectivity index (χ3v) is 3.18. The van der Waals surface area contributed by atoms with Crippen LogP contribution >= 0.6 is 0 Å². The molecule has 1 aliphatic heterocycles. The normalized spacial score (nSPS) is 17.6. The van der Waals surface area contributed by atoms with Crippen molar-refractivity contribution in [1.29, 1.82) is 0 Å². The lowest BCUT2D eigenvalue weighted by Crippen LogP contribution is -2.38. The summed E-state index contributed by atoms with van der Waals surface area (Å²) >= 11 is 0. The molecule has 0 aliphatic carbocycles. The van der Waals surface area contributed by atoms with Crippen LogP contribution in [0.25, 0.3) is 0 Å². The van der Waals surface area contributed by atoms with Gasteiger partial charge < -0.3 is 10.6 Å². The van der Waals surface area contributed by atoms with E-state index < -0.39 is 0 Å². The molecule has 1 aliphatic rings. The molecule has 3 nitrogen and oxygen atoms in total. The van der Waals surface area contributed by atoms with Crippen LogP contribution in [0.4, 0.5) is 10.5 Å². The van der Waals surface area contributed by atoms with Crippen LogP contribution in [0.5, 0.6) is 0 Å². The number of fused-ring (bicyclic) bond motifs is 1. The Labute approximate surface area is 106 Å². The van der Waals surface area contributed by atoms with Crippen molar-refractivity contribution in [3.8, 4) is 0 Å². The maximum Gasteiger partial charge on any atom is 0.320 e. The fraction of sp³-hybridized carbons (Fsp3) is 0.133. The molecule has 0 saturated carbocycles. The van der Waals surface area contributed by atoms with E-state index in [-0.39, 0.29) is 12.1 Å². The number of rotatable bonds is 1. The van der Waals surface area contributed by atoms with Crippen molar-refractivity contribution in [3.63, 3.8) is 0 Å². The molecule has 18 heavy (non-hydrogen) atoms. The number of hydrogen-bond donors (Lipinski definition) is 2. The molecule has 2 aromatic carbocycles. The Morgan fingerprint density at radius 3 is 2.61 bits per heavy atom. The Bertz CT molecular complexity index is 593. The minimum atomic E-state index is -0.151. The van der Waals surface area contributed by atoms with E-state index in [1.165, 1.54) is 0 Å². The van der Waals surface area contributed by atoms with Crippen LogP contribution < -0.4 is 10.6 Å². The second-order valence-corrected chi connectivity index (χ2v) is 4.53. The average molecular weight is 238 g/mol. The average Bonchev–Trinajstić information content (AvgIpc) is 2.38. The van der Waals surface area contributed by atoms with Gasteiger partial charge in [-0.05, 0) is 24.1 Å². The quantitative estimate of drug-likeness (QED) is 0.787. The SMILES string of the molecule is Cc1ccc2c(c1)NC(=O)NC2c1ccccc1. The van der Waals surface area contributed by atoms with Crippen molar-refractivity contribution in [2.75, 3.05) is 5.32 Å². The number of anilines is 1. The molecule has 0 radical (unpaired) electrons. The van der Waals surface area contributed by atoms with Gasteiger partial charge in [-0.3, -0.25) is 0 Å². The lowest BCUT2D eigenvalue weighted by Gasteiger charge is -2.28. The summed E-state index contributed by atoms with van der Waals surface area (Å²) in [5, 5.41) is 5.81. The maximum absolute atomic E-state index is 11.7. The Hall–Kier alpha value is -2.29.